The van der Waals surface area contributed by atoms with Crippen molar-refractivity contribution in [2.24, 2.45) is 11.3 Å². The first-order chi connectivity index (χ1) is 11.2. The molecule has 2 aliphatic heterocycles. The van der Waals surface area contributed by atoms with Crippen molar-refractivity contribution >= 4 is 15.9 Å². The van der Waals surface area contributed by atoms with Gasteiger partial charge in [-0.05, 0) is 19.3 Å². The van der Waals surface area contributed by atoms with E-state index in [2.05, 4.69) is 5.16 Å². The molecule has 0 radical (unpaired) electrons. The van der Waals surface area contributed by atoms with Crippen LogP contribution >= 0.6 is 0 Å². The number of hydrogen-bond acceptors (Lipinski definition) is 6. The van der Waals surface area contributed by atoms with Gasteiger partial charge in [-0.25, -0.2) is 12.7 Å². The standard InChI is InChI=1S/C15H23N3O5S/c1-11-5-13(23-16-11)6-14(20)17-4-3-12-7-18(24(2,21)22)9-15(12,8-17)10-19/h5,12,19H,3-4,6-10H2,1-2H3/t12-,15+/m0/s1. The van der Waals surface area contributed by atoms with Gasteiger partial charge in [0.1, 0.15) is 5.76 Å². The van der Waals surface area contributed by atoms with E-state index in [1.54, 1.807) is 17.9 Å². The van der Waals surface area contributed by atoms with Gasteiger partial charge in [-0.1, -0.05) is 5.16 Å². The first-order valence-electron chi connectivity index (χ1n) is 7.99. The predicted molar refractivity (Wildman–Crippen MR) is 85.6 cm³/mol. The van der Waals surface area contributed by atoms with Gasteiger partial charge >= 0.3 is 0 Å². The lowest BCUT2D eigenvalue weighted by atomic mass is 9.74. The molecule has 8 nitrogen and oxygen atoms in total. The third-order valence-corrected chi connectivity index (χ3v) is 6.39. The molecule has 0 bridgehead atoms. The van der Waals surface area contributed by atoms with Gasteiger partial charge in [-0.15, -0.1) is 0 Å². The van der Waals surface area contributed by atoms with Crippen molar-refractivity contribution in [2.75, 3.05) is 39.0 Å². The maximum absolute atomic E-state index is 12.5. The molecule has 1 amide bonds. The third-order valence-electron chi connectivity index (χ3n) is 5.17. The van der Waals surface area contributed by atoms with E-state index in [1.807, 2.05) is 0 Å². The number of aryl methyl sites for hydroxylation is 1. The maximum Gasteiger partial charge on any atom is 0.230 e. The summed E-state index contributed by atoms with van der Waals surface area (Å²) in [5.41, 5.74) is 0.150. The van der Waals surface area contributed by atoms with Crippen LogP contribution in [-0.2, 0) is 21.2 Å². The third kappa shape index (κ3) is 3.20. The minimum Gasteiger partial charge on any atom is -0.396 e. The van der Waals surface area contributed by atoms with Gasteiger partial charge in [0.15, 0.2) is 0 Å². The van der Waals surface area contributed by atoms with Gasteiger partial charge in [0, 0.05) is 37.7 Å². The molecule has 0 aromatic carbocycles. The quantitative estimate of drug-likeness (QED) is 0.788. The molecular weight excluding hydrogens is 334 g/mol. The van der Waals surface area contributed by atoms with Crippen molar-refractivity contribution in [3.8, 4) is 0 Å². The zero-order chi connectivity index (χ0) is 17.5. The molecule has 134 valence electrons. The fraction of sp³-hybridized carbons (Fsp3) is 0.733. The molecule has 0 spiro atoms. The number of fused-ring (bicyclic) bond motifs is 1. The summed E-state index contributed by atoms with van der Waals surface area (Å²) < 4.78 is 30.2. The Kier molecular flexibility index (Phi) is 4.43. The second-order valence-electron chi connectivity index (χ2n) is 6.99. The number of aromatic nitrogens is 1. The van der Waals surface area contributed by atoms with Gasteiger partial charge in [0.05, 0.1) is 25.0 Å². The van der Waals surface area contributed by atoms with Crippen LogP contribution in [0.4, 0.5) is 0 Å². The molecule has 2 saturated heterocycles. The Morgan fingerprint density at radius 2 is 2.25 bits per heavy atom. The van der Waals surface area contributed by atoms with E-state index in [0.29, 0.717) is 31.8 Å². The fourth-order valence-corrected chi connectivity index (χ4v) is 4.73. The van der Waals surface area contributed by atoms with E-state index in [4.69, 9.17) is 4.52 Å². The van der Waals surface area contributed by atoms with E-state index in [9.17, 15) is 18.3 Å². The minimum absolute atomic E-state index is 0.0776. The Morgan fingerprint density at radius 1 is 1.50 bits per heavy atom. The number of carbonyl (C=O) groups is 1. The summed E-state index contributed by atoms with van der Waals surface area (Å²) in [7, 11) is -3.30. The molecule has 3 rings (SSSR count). The van der Waals surface area contributed by atoms with E-state index in [1.165, 1.54) is 10.6 Å². The number of aliphatic hydroxyl groups is 1. The lowest BCUT2D eigenvalue weighted by molar-refractivity contribution is -0.136. The van der Waals surface area contributed by atoms with Crippen LogP contribution in [0.15, 0.2) is 10.6 Å². The number of carbonyl (C=O) groups excluding carboxylic acids is 1. The van der Waals surface area contributed by atoms with Crippen molar-refractivity contribution in [3.05, 3.63) is 17.5 Å². The van der Waals surface area contributed by atoms with E-state index in [0.717, 1.165) is 5.69 Å². The summed E-state index contributed by atoms with van der Waals surface area (Å²) >= 11 is 0. The molecule has 1 aromatic heterocycles. The first kappa shape index (κ1) is 17.4. The second-order valence-corrected chi connectivity index (χ2v) is 8.97. The predicted octanol–water partition coefficient (Wildman–Crippen LogP) is -0.372. The molecule has 24 heavy (non-hydrogen) atoms. The van der Waals surface area contributed by atoms with E-state index < -0.39 is 15.4 Å². The van der Waals surface area contributed by atoms with Crippen LogP contribution in [0.1, 0.15) is 17.9 Å². The molecule has 9 heteroatoms. The molecule has 1 aromatic rings. The summed E-state index contributed by atoms with van der Waals surface area (Å²) in [5, 5.41) is 13.7. The van der Waals surface area contributed by atoms with E-state index in [-0.39, 0.29) is 31.4 Å². The molecule has 1 N–H and O–H groups in total. The number of sulfonamides is 1. The van der Waals surface area contributed by atoms with Gasteiger partial charge in [0.25, 0.3) is 0 Å². The highest BCUT2D eigenvalue weighted by molar-refractivity contribution is 7.88. The van der Waals surface area contributed by atoms with Crippen molar-refractivity contribution < 1.29 is 22.8 Å². The molecular formula is C15H23N3O5S. The zero-order valence-corrected chi connectivity index (χ0v) is 14.8. The minimum atomic E-state index is -3.30. The van der Waals surface area contributed by atoms with Crippen LogP contribution in [-0.4, -0.2) is 72.8 Å². The van der Waals surface area contributed by atoms with Crippen LogP contribution in [0.2, 0.25) is 0 Å². The summed E-state index contributed by atoms with van der Waals surface area (Å²) in [6.07, 6.45) is 2.00. The second kappa shape index (κ2) is 6.12. The average Bonchev–Trinajstić information content (AvgIpc) is 3.10. The Labute approximate surface area is 141 Å². The summed E-state index contributed by atoms with van der Waals surface area (Å²) in [6, 6.07) is 1.73. The Morgan fingerprint density at radius 3 is 2.83 bits per heavy atom. The SMILES string of the molecule is Cc1cc(CC(=O)N2CC[C@H]3CN(S(C)(=O)=O)C[C@@]3(CO)C2)on1. The Balaban J connectivity index is 1.72. The van der Waals surface area contributed by atoms with Gasteiger partial charge in [-0.3, -0.25) is 4.79 Å². The highest BCUT2D eigenvalue weighted by atomic mass is 32.2. The summed E-state index contributed by atoms with van der Waals surface area (Å²) in [5.74, 6) is 0.505. The number of amides is 1. The van der Waals surface area contributed by atoms with Crippen LogP contribution in [0.5, 0.6) is 0 Å². The molecule has 2 aliphatic rings. The van der Waals surface area contributed by atoms with Gasteiger partial charge in [0.2, 0.25) is 15.9 Å². The van der Waals surface area contributed by atoms with Crippen molar-refractivity contribution in [3.63, 3.8) is 0 Å². The number of likely N-dealkylation sites (tertiary alicyclic amines) is 1. The number of rotatable bonds is 4. The number of aliphatic hydroxyl groups excluding tert-OH is 1. The van der Waals surface area contributed by atoms with Crippen molar-refractivity contribution in [1.82, 2.24) is 14.4 Å². The topological polar surface area (TPSA) is 104 Å². The normalized spacial score (nSPS) is 28.1. The van der Waals surface area contributed by atoms with Crippen molar-refractivity contribution in [2.45, 2.75) is 19.8 Å². The number of nitrogens with zero attached hydrogens (tertiary/aromatic N) is 3. The van der Waals surface area contributed by atoms with Gasteiger partial charge in [-0.2, -0.15) is 0 Å². The van der Waals surface area contributed by atoms with Crippen LogP contribution < -0.4 is 0 Å². The van der Waals surface area contributed by atoms with Crippen LogP contribution in [0.25, 0.3) is 0 Å². The Hall–Kier alpha value is -1.45. The number of hydrogen-bond donors (Lipinski definition) is 1. The summed E-state index contributed by atoms with van der Waals surface area (Å²) in [6.45, 7) is 3.28. The fourth-order valence-electron chi connectivity index (χ4n) is 3.79. The zero-order valence-electron chi connectivity index (χ0n) is 13.9. The first-order valence-corrected chi connectivity index (χ1v) is 9.84. The molecule has 0 saturated carbocycles. The number of piperidine rings is 1. The average molecular weight is 357 g/mol. The lowest BCUT2D eigenvalue weighted by Crippen LogP contribution is -2.53. The smallest absolute Gasteiger partial charge is 0.230 e. The largest absolute Gasteiger partial charge is 0.396 e. The van der Waals surface area contributed by atoms with Crippen LogP contribution in [0, 0.1) is 18.3 Å². The molecule has 3 heterocycles. The van der Waals surface area contributed by atoms with Crippen molar-refractivity contribution in [1.29, 1.82) is 0 Å². The monoisotopic (exact) mass is 357 g/mol. The lowest BCUT2D eigenvalue weighted by Gasteiger charge is -2.43. The molecule has 2 fully saturated rings. The molecule has 0 aliphatic carbocycles. The maximum atomic E-state index is 12.5. The summed E-state index contributed by atoms with van der Waals surface area (Å²) in [4.78, 5) is 14.2. The molecule has 0 unspecified atom stereocenters. The van der Waals surface area contributed by atoms with Gasteiger partial charge < -0.3 is 14.5 Å². The highest BCUT2D eigenvalue weighted by Gasteiger charge is 2.52. The van der Waals surface area contributed by atoms with Crippen LogP contribution in [0.3, 0.4) is 0 Å². The highest BCUT2D eigenvalue weighted by Crippen LogP contribution is 2.42. The molecule has 2 atom stereocenters. The van der Waals surface area contributed by atoms with E-state index >= 15 is 0 Å². The Bertz CT molecular complexity index is 731.